The molecule has 2 aromatic carbocycles. The van der Waals surface area contributed by atoms with Gasteiger partial charge >= 0.3 is 0 Å². The molecular weight excluding hydrogens is 481 g/mol. The van der Waals surface area contributed by atoms with Crippen LogP contribution in [-0.2, 0) is 21.4 Å². The van der Waals surface area contributed by atoms with E-state index in [1.807, 2.05) is 12.1 Å². The molecule has 0 bridgehead atoms. The highest BCUT2D eigenvalue weighted by Gasteiger charge is 2.24. The van der Waals surface area contributed by atoms with E-state index in [0.717, 1.165) is 17.4 Å². The molecule has 1 unspecified atom stereocenters. The normalized spacial score (nSPS) is 12.5. The van der Waals surface area contributed by atoms with E-state index in [2.05, 4.69) is 10.0 Å². The number of benzene rings is 2. The van der Waals surface area contributed by atoms with Crippen molar-refractivity contribution in [2.45, 2.75) is 18.9 Å². The van der Waals surface area contributed by atoms with Crippen molar-refractivity contribution in [3.8, 4) is 0 Å². The zero-order valence-corrected chi connectivity index (χ0v) is 20.5. The first-order chi connectivity index (χ1) is 14.6. The van der Waals surface area contributed by atoms with Crippen LogP contribution in [-0.4, -0.2) is 52.2 Å². The molecule has 2 N–H and O–H groups in total. The van der Waals surface area contributed by atoms with Crippen molar-refractivity contribution in [3.63, 3.8) is 0 Å². The molecule has 2 rings (SSSR count). The SMILES string of the molecule is CN(Cc1ccc(Cl)cc1)C(=O)C(CCNCCNS(C)(=O)=O)c1ccc(Cl)c(Cl)c1. The molecule has 0 radical (unpaired) electrons. The molecule has 0 aliphatic carbocycles. The van der Waals surface area contributed by atoms with Crippen molar-refractivity contribution in [2.75, 3.05) is 32.9 Å². The fraction of sp³-hybridized carbons (Fsp3) is 0.381. The zero-order valence-electron chi connectivity index (χ0n) is 17.4. The lowest BCUT2D eigenvalue weighted by Crippen LogP contribution is -2.35. The van der Waals surface area contributed by atoms with Crippen LogP contribution in [0.5, 0.6) is 0 Å². The predicted molar refractivity (Wildman–Crippen MR) is 127 cm³/mol. The largest absolute Gasteiger partial charge is 0.341 e. The van der Waals surface area contributed by atoms with Gasteiger partial charge in [0.2, 0.25) is 15.9 Å². The van der Waals surface area contributed by atoms with Gasteiger partial charge in [0.25, 0.3) is 0 Å². The van der Waals surface area contributed by atoms with Crippen molar-refractivity contribution in [1.29, 1.82) is 0 Å². The molecule has 0 heterocycles. The fourth-order valence-electron chi connectivity index (χ4n) is 3.07. The first-order valence-corrected chi connectivity index (χ1v) is 12.7. The number of rotatable bonds is 11. The molecule has 0 spiro atoms. The van der Waals surface area contributed by atoms with E-state index in [4.69, 9.17) is 34.8 Å². The van der Waals surface area contributed by atoms with Crippen LogP contribution < -0.4 is 10.0 Å². The Kier molecular flexibility index (Phi) is 10.1. The zero-order chi connectivity index (χ0) is 23.0. The van der Waals surface area contributed by atoms with E-state index in [-0.39, 0.29) is 12.5 Å². The summed E-state index contributed by atoms with van der Waals surface area (Å²) in [6, 6.07) is 12.6. The third kappa shape index (κ3) is 8.96. The fourth-order valence-corrected chi connectivity index (χ4v) is 3.97. The first-order valence-electron chi connectivity index (χ1n) is 9.66. The molecule has 0 saturated heterocycles. The maximum absolute atomic E-state index is 13.3. The maximum Gasteiger partial charge on any atom is 0.230 e. The van der Waals surface area contributed by atoms with Crippen LogP contribution in [0.1, 0.15) is 23.5 Å². The van der Waals surface area contributed by atoms with Crippen molar-refractivity contribution in [1.82, 2.24) is 14.9 Å². The summed E-state index contributed by atoms with van der Waals surface area (Å²) in [5.41, 5.74) is 1.75. The second-order valence-electron chi connectivity index (χ2n) is 7.25. The van der Waals surface area contributed by atoms with Crippen molar-refractivity contribution in [3.05, 3.63) is 68.7 Å². The second-order valence-corrected chi connectivity index (χ2v) is 10.3. The third-order valence-electron chi connectivity index (χ3n) is 4.63. The standard InChI is InChI=1S/C21H26Cl3N3O3S/c1-27(14-15-3-6-17(22)7-4-15)21(28)18(16-5-8-19(23)20(24)13-16)9-10-25-11-12-26-31(2,29)30/h3-8,13,18,25-26H,9-12,14H2,1-2H3. The van der Waals surface area contributed by atoms with Gasteiger partial charge in [-0.25, -0.2) is 13.1 Å². The molecule has 31 heavy (non-hydrogen) atoms. The molecular formula is C21H26Cl3N3O3S. The van der Waals surface area contributed by atoms with E-state index in [1.165, 1.54) is 0 Å². The average molecular weight is 507 g/mol. The number of amides is 1. The first kappa shape index (κ1) is 25.9. The highest BCUT2D eigenvalue weighted by molar-refractivity contribution is 7.88. The van der Waals surface area contributed by atoms with Crippen LogP contribution in [0.4, 0.5) is 0 Å². The lowest BCUT2D eigenvalue weighted by Gasteiger charge is -2.25. The molecule has 0 aromatic heterocycles. The van der Waals surface area contributed by atoms with Gasteiger partial charge in [-0.3, -0.25) is 4.79 Å². The van der Waals surface area contributed by atoms with Gasteiger partial charge in [-0.05, 0) is 48.4 Å². The van der Waals surface area contributed by atoms with E-state index >= 15 is 0 Å². The topological polar surface area (TPSA) is 78.5 Å². The minimum atomic E-state index is -3.22. The number of sulfonamides is 1. The van der Waals surface area contributed by atoms with Gasteiger partial charge in [0.15, 0.2) is 0 Å². The number of carbonyl (C=O) groups excluding carboxylic acids is 1. The molecule has 0 fully saturated rings. The number of hydrogen-bond donors (Lipinski definition) is 2. The van der Waals surface area contributed by atoms with Gasteiger partial charge in [0.05, 0.1) is 22.2 Å². The van der Waals surface area contributed by atoms with Gasteiger partial charge in [0.1, 0.15) is 0 Å². The molecule has 0 aliphatic heterocycles. The number of hydrogen-bond acceptors (Lipinski definition) is 4. The summed E-state index contributed by atoms with van der Waals surface area (Å²) in [5.74, 6) is -0.480. The molecule has 6 nitrogen and oxygen atoms in total. The predicted octanol–water partition coefficient (Wildman–Crippen LogP) is 3.92. The molecule has 1 amide bonds. The van der Waals surface area contributed by atoms with Crippen LogP contribution in [0.25, 0.3) is 0 Å². The smallest absolute Gasteiger partial charge is 0.230 e. The third-order valence-corrected chi connectivity index (χ3v) is 6.35. The van der Waals surface area contributed by atoms with Crippen LogP contribution in [0.15, 0.2) is 42.5 Å². The van der Waals surface area contributed by atoms with Gasteiger partial charge in [-0.1, -0.05) is 53.0 Å². The summed E-state index contributed by atoms with van der Waals surface area (Å²) >= 11 is 18.2. The minimum absolute atomic E-state index is 0.0515. The van der Waals surface area contributed by atoms with Crippen molar-refractivity contribution >= 4 is 50.7 Å². The summed E-state index contributed by atoms with van der Waals surface area (Å²) in [7, 11) is -1.47. The van der Waals surface area contributed by atoms with E-state index in [1.54, 1.807) is 42.3 Å². The van der Waals surface area contributed by atoms with Crippen LogP contribution in [0.3, 0.4) is 0 Å². The van der Waals surface area contributed by atoms with Gasteiger partial charge in [-0.2, -0.15) is 0 Å². The van der Waals surface area contributed by atoms with Gasteiger partial charge in [-0.15, -0.1) is 0 Å². The Labute approximate surface area is 198 Å². The Hall–Kier alpha value is -1.35. The molecule has 2 aromatic rings. The molecule has 1 atom stereocenters. The van der Waals surface area contributed by atoms with E-state index in [0.29, 0.717) is 41.1 Å². The van der Waals surface area contributed by atoms with Gasteiger partial charge < -0.3 is 10.2 Å². The van der Waals surface area contributed by atoms with E-state index < -0.39 is 15.9 Å². The average Bonchev–Trinajstić information content (AvgIpc) is 2.70. The monoisotopic (exact) mass is 505 g/mol. The van der Waals surface area contributed by atoms with Crippen LogP contribution in [0.2, 0.25) is 15.1 Å². The lowest BCUT2D eigenvalue weighted by atomic mass is 9.94. The summed E-state index contributed by atoms with van der Waals surface area (Å²) in [6.07, 6.45) is 1.63. The molecule has 0 saturated carbocycles. The number of carbonyl (C=O) groups is 1. The quantitative estimate of drug-likeness (QED) is 0.453. The number of likely N-dealkylation sites (N-methyl/N-ethyl adjacent to an activating group) is 1. The van der Waals surface area contributed by atoms with Crippen LogP contribution in [0, 0.1) is 0 Å². The minimum Gasteiger partial charge on any atom is -0.341 e. The molecule has 170 valence electrons. The van der Waals surface area contributed by atoms with E-state index in [9.17, 15) is 13.2 Å². The van der Waals surface area contributed by atoms with Crippen LogP contribution >= 0.6 is 34.8 Å². The Morgan fingerprint density at radius 2 is 1.68 bits per heavy atom. The summed E-state index contributed by atoms with van der Waals surface area (Å²) < 4.78 is 24.7. The molecule has 10 heteroatoms. The van der Waals surface area contributed by atoms with Crippen molar-refractivity contribution < 1.29 is 13.2 Å². The number of nitrogens with one attached hydrogen (secondary N) is 2. The van der Waals surface area contributed by atoms with Crippen molar-refractivity contribution in [2.24, 2.45) is 0 Å². The maximum atomic E-state index is 13.3. The summed E-state index contributed by atoms with van der Waals surface area (Å²) in [5, 5.41) is 4.62. The highest BCUT2D eigenvalue weighted by atomic mass is 35.5. The summed E-state index contributed by atoms with van der Waals surface area (Å²) in [6.45, 7) is 1.70. The Bertz CT molecular complexity index is 985. The second kappa shape index (κ2) is 12.0. The van der Waals surface area contributed by atoms with Gasteiger partial charge in [0, 0.05) is 31.7 Å². The molecule has 0 aliphatic rings. The number of halogens is 3. The summed E-state index contributed by atoms with van der Waals surface area (Å²) in [4.78, 5) is 14.9. The Balaban J connectivity index is 2.06. The highest BCUT2D eigenvalue weighted by Crippen LogP contribution is 2.29. The Morgan fingerprint density at radius 1 is 1.00 bits per heavy atom. The Morgan fingerprint density at radius 3 is 2.29 bits per heavy atom. The number of nitrogens with zero attached hydrogens (tertiary/aromatic N) is 1. The lowest BCUT2D eigenvalue weighted by molar-refractivity contribution is -0.132.